The second kappa shape index (κ2) is 13.7. The van der Waals surface area contributed by atoms with Crippen LogP contribution in [0.4, 0.5) is 15.9 Å². The summed E-state index contributed by atoms with van der Waals surface area (Å²) in [7, 11) is 0. The van der Waals surface area contributed by atoms with E-state index in [1.165, 1.54) is 17.7 Å². The number of anilines is 2. The van der Waals surface area contributed by atoms with E-state index in [1.807, 2.05) is 42.5 Å². The highest BCUT2D eigenvalue weighted by atomic mass is 19.1. The molecule has 4 amide bonds. The number of nitrogens with one attached hydrogen (secondary N) is 3. The Morgan fingerprint density at radius 1 is 0.882 bits per heavy atom. The summed E-state index contributed by atoms with van der Waals surface area (Å²) in [5, 5.41) is 12.7. The zero-order valence-electron chi connectivity index (χ0n) is 28.1. The third kappa shape index (κ3) is 6.82. The van der Waals surface area contributed by atoms with Crippen LogP contribution in [0, 0.1) is 5.82 Å². The van der Waals surface area contributed by atoms with Gasteiger partial charge in [0.15, 0.2) is 5.82 Å². The number of benzene rings is 3. The lowest BCUT2D eigenvalue weighted by Crippen LogP contribution is -2.52. The van der Waals surface area contributed by atoms with Crippen molar-refractivity contribution in [3.8, 4) is 5.75 Å². The van der Waals surface area contributed by atoms with Gasteiger partial charge in [-0.05, 0) is 110 Å². The fraction of sp³-hybridized carbons (Fsp3) is 0.359. The molecule has 3 aromatic carbocycles. The molecular formula is C39H39FN6O5. The predicted octanol–water partition coefficient (Wildman–Crippen LogP) is 5.66. The molecule has 8 rings (SSSR count). The standard InChI is InChI=1S/C39H39FN6O5/c40-28-5-10-30(11-6-28)51-31-9-3-26(20-31)33-21-35(44-43-33)41-37(48)24-1-7-29(8-2-24)45-17-15-23(16-18-45)25-4-12-32-27(19-25)22-46(39(32)50)34-13-14-36(47)42-38(34)49/h1-2,4-8,10-12,19,21,23,26,31,34H,3,9,13-18,20,22H2,(H,42,47,49)(H2,41,43,44,48)/t26-,31+,34?/m0/s1. The van der Waals surface area contributed by atoms with E-state index in [2.05, 4.69) is 31.8 Å². The zero-order chi connectivity index (χ0) is 35.1. The van der Waals surface area contributed by atoms with Gasteiger partial charge < -0.3 is 19.9 Å². The summed E-state index contributed by atoms with van der Waals surface area (Å²) in [6, 6.07) is 21.0. The molecule has 4 aromatic rings. The Labute approximate surface area is 294 Å². The van der Waals surface area contributed by atoms with Crippen molar-refractivity contribution in [2.45, 2.75) is 75.5 Å². The first-order valence-electron chi connectivity index (χ1n) is 17.7. The van der Waals surface area contributed by atoms with Crippen LogP contribution in [0.15, 0.2) is 72.8 Å². The summed E-state index contributed by atoms with van der Waals surface area (Å²) in [6.45, 7) is 2.11. The second-order valence-corrected chi connectivity index (χ2v) is 14.0. The Bertz CT molecular complexity index is 1970. The molecule has 3 fully saturated rings. The summed E-state index contributed by atoms with van der Waals surface area (Å²) >= 11 is 0. The lowest BCUT2D eigenvalue weighted by Gasteiger charge is -2.34. The summed E-state index contributed by atoms with van der Waals surface area (Å²) < 4.78 is 19.2. The number of hydrogen-bond donors (Lipinski definition) is 3. The third-order valence-corrected chi connectivity index (χ3v) is 10.8. The Balaban J connectivity index is 0.821. The van der Waals surface area contributed by atoms with Gasteiger partial charge in [-0.1, -0.05) is 12.1 Å². The molecule has 11 nitrogen and oxygen atoms in total. The smallest absolute Gasteiger partial charge is 0.256 e. The molecule has 3 atom stereocenters. The third-order valence-electron chi connectivity index (χ3n) is 10.8. The van der Waals surface area contributed by atoms with Gasteiger partial charge in [-0.25, -0.2) is 4.39 Å². The normalized spacial score (nSPS) is 22.2. The monoisotopic (exact) mass is 690 g/mol. The highest BCUT2D eigenvalue weighted by Gasteiger charge is 2.39. The first-order valence-corrected chi connectivity index (χ1v) is 17.7. The van der Waals surface area contributed by atoms with Crippen LogP contribution in [0.5, 0.6) is 5.75 Å². The van der Waals surface area contributed by atoms with E-state index < -0.39 is 11.9 Å². The van der Waals surface area contributed by atoms with Crippen molar-refractivity contribution < 1.29 is 28.3 Å². The van der Waals surface area contributed by atoms with E-state index >= 15 is 0 Å². The van der Waals surface area contributed by atoms with Crippen LogP contribution in [-0.2, 0) is 16.1 Å². The predicted molar refractivity (Wildman–Crippen MR) is 187 cm³/mol. The topological polar surface area (TPSA) is 137 Å². The van der Waals surface area contributed by atoms with Crippen molar-refractivity contribution in [2.75, 3.05) is 23.3 Å². The lowest BCUT2D eigenvalue weighted by molar-refractivity contribution is -0.136. The van der Waals surface area contributed by atoms with Gasteiger partial charge in [0.2, 0.25) is 11.8 Å². The first kappa shape index (κ1) is 32.7. The fourth-order valence-electron chi connectivity index (χ4n) is 7.98. The summed E-state index contributed by atoms with van der Waals surface area (Å²) in [5.41, 5.74) is 5.33. The van der Waals surface area contributed by atoms with Crippen LogP contribution in [0.2, 0.25) is 0 Å². The number of aromatic nitrogens is 2. The molecule has 1 saturated carbocycles. The van der Waals surface area contributed by atoms with Crippen LogP contribution in [0.25, 0.3) is 0 Å². The number of hydrogen-bond acceptors (Lipinski definition) is 7. The summed E-state index contributed by atoms with van der Waals surface area (Å²) in [5.74, 6) is 0.370. The number of nitrogens with zero attached hydrogens (tertiary/aromatic N) is 3. The van der Waals surface area contributed by atoms with Gasteiger partial charge >= 0.3 is 0 Å². The number of fused-ring (bicyclic) bond motifs is 1. The van der Waals surface area contributed by atoms with Crippen LogP contribution in [0.1, 0.15) is 94.3 Å². The Morgan fingerprint density at radius 2 is 1.67 bits per heavy atom. The van der Waals surface area contributed by atoms with E-state index in [1.54, 1.807) is 17.0 Å². The highest BCUT2D eigenvalue weighted by molar-refractivity contribution is 6.05. The molecule has 1 aromatic heterocycles. The van der Waals surface area contributed by atoms with Gasteiger partial charge in [0.25, 0.3) is 11.8 Å². The van der Waals surface area contributed by atoms with E-state index in [0.717, 1.165) is 62.1 Å². The van der Waals surface area contributed by atoms with Gasteiger partial charge in [0.1, 0.15) is 17.6 Å². The minimum absolute atomic E-state index is 0.0389. The van der Waals surface area contributed by atoms with Crippen molar-refractivity contribution in [2.24, 2.45) is 0 Å². The van der Waals surface area contributed by atoms with E-state index in [0.29, 0.717) is 41.6 Å². The molecule has 12 heteroatoms. The largest absolute Gasteiger partial charge is 0.490 e. The van der Waals surface area contributed by atoms with Crippen molar-refractivity contribution >= 4 is 35.1 Å². The number of imide groups is 1. The molecule has 2 saturated heterocycles. The molecule has 0 bridgehead atoms. The fourth-order valence-corrected chi connectivity index (χ4v) is 7.98. The van der Waals surface area contributed by atoms with Crippen LogP contribution in [-0.4, -0.2) is 64.0 Å². The molecule has 1 unspecified atom stereocenters. The molecule has 51 heavy (non-hydrogen) atoms. The average molecular weight is 691 g/mol. The van der Waals surface area contributed by atoms with Crippen LogP contribution in [0.3, 0.4) is 0 Å². The number of aromatic amines is 1. The minimum atomic E-state index is -0.613. The molecule has 4 heterocycles. The summed E-state index contributed by atoms with van der Waals surface area (Å²) in [4.78, 5) is 54.1. The second-order valence-electron chi connectivity index (χ2n) is 14.0. The van der Waals surface area contributed by atoms with E-state index in [4.69, 9.17) is 4.74 Å². The van der Waals surface area contributed by atoms with Gasteiger partial charge in [-0.15, -0.1) is 0 Å². The number of carbonyl (C=O) groups is 4. The van der Waals surface area contributed by atoms with Crippen LogP contribution < -0.4 is 20.3 Å². The molecular weight excluding hydrogens is 651 g/mol. The maximum atomic E-state index is 13.2. The van der Waals surface area contributed by atoms with Crippen molar-refractivity contribution in [3.63, 3.8) is 0 Å². The molecule has 4 aliphatic rings. The number of halogens is 1. The maximum Gasteiger partial charge on any atom is 0.256 e. The first-order chi connectivity index (χ1) is 24.8. The number of piperidine rings is 2. The number of H-pyrrole nitrogens is 1. The molecule has 0 radical (unpaired) electrons. The average Bonchev–Trinajstić information content (AvgIpc) is 3.88. The van der Waals surface area contributed by atoms with Crippen molar-refractivity contribution in [3.05, 3.63) is 107 Å². The quantitative estimate of drug-likeness (QED) is 0.203. The maximum absolute atomic E-state index is 13.2. The van der Waals surface area contributed by atoms with E-state index in [-0.39, 0.29) is 42.0 Å². The van der Waals surface area contributed by atoms with Gasteiger partial charge in [0.05, 0.1) is 6.10 Å². The summed E-state index contributed by atoms with van der Waals surface area (Å²) in [6.07, 6.45) is 5.16. The van der Waals surface area contributed by atoms with E-state index in [9.17, 15) is 23.6 Å². The van der Waals surface area contributed by atoms with Crippen LogP contribution >= 0.6 is 0 Å². The Hall–Kier alpha value is -5.52. The molecule has 262 valence electrons. The van der Waals surface area contributed by atoms with Crippen molar-refractivity contribution in [1.29, 1.82) is 0 Å². The van der Waals surface area contributed by atoms with Gasteiger partial charge in [-0.2, -0.15) is 5.10 Å². The lowest BCUT2D eigenvalue weighted by atomic mass is 9.87. The number of carbonyl (C=O) groups excluding carboxylic acids is 4. The molecule has 1 aliphatic carbocycles. The SMILES string of the molecule is O=C1CCC(N2Cc3cc(C4CCN(c5ccc(C(=O)Nc6cc([C@H]7CC[C@@H](Oc8ccc(F)cc8)C7)[nH]n6)cc5)CC4)ccc3C2=O)C(=O)N1. The van der Waals surface area contributed by atoms with Gasteiger partial charge in [0, 0.05) is 60.5 Å². The number of ether oxygens (including phenoxy) is 1. The molecule has 3 N–H and O–H groups in total. The molecule has 3 aliphatic heterocycles. The Kier molecular flexibility index (Phi) is 8.75. The van der Waals surface area contributed by atoms with Gasteiger partial charge in [-0.3, -0.25) is 29.6 Å². The Morgan fingerprint density at radius 3 is 2.43 bits per heavy atom. The number of rotatable bonds is 8. The number of amides is 4. The minimum Gasteiger partial charge on any atom is -0.490 e. The highest BCUT2D eigenvalue weighted by Crippen LogP contribution is 2.37. The van der Waals surface area contributed by atoms with Crippen molar-refractivity contribution in [1.82, 2.24) is 20.4 Å². The zero-order valence-corrected chi connectivity index (χ0v) is 28.1. The molecule has 0 spiro atoms.